The van der Waals surface area contributed by atoms with Crippen LogP contribution in [0.4, 0.5) is 0 Å². The SMILES string of the molecule is COc1ccc(C=NNC(=O)c2cc(-c3ccc(Cl)c(Cl)c3)n[nH]2)cc1. The highest BCUT2D eigenvalue weighted by Crippen LogP contribution is 2.27. The Morgan fingerprint density at radius 1 is 1.15 bits per heavy atom. The molecule has 26 heavy (non-hydrogen) atoms. The van der Waals surface area contributed by atoms with Crippen LogP contribution in [0.3, 0.4) is 0 Å². The third-order valence-corrected chi connectivity index (χ3v) is 4.27. The number of aromatic amines is 1. The lowest BCUT2D eigenvalue weighted by Gasteiger charge is -1.99. The first-order valence-electron chi connectivity index (χ1n) is 7.55. The van der Waals surface area contributed by atoms with Gasteiger partial charge in [-0.3, -0.25) is 9.89 Å². The van der Waals surface area contributed by atoms with Crippen molar-refractivity contribution in [1.82, 2.24) is 15.6 Å². The van der Waals surface area contributed by atoms with Crippen molar-refractivity contribution in [3.63, 3.8) is 0 Å². The van der Waals surface area contributed by atoms with E-state index in [1.54, 1.807) is 31.4 Å². The van der Waals surface area contributed by atoms with Crippen molar-refractivity contribution in [2.75, 3.05) is 7.11 Å². The fraction of sp³-hybridized carbons (Fsp3) is 0.0556. The molecule has 0 bridgehead atoms. The van der Waals surface area contributed by atoms with E-state index in [9.17, 15) is 4.79 Å². The molecule has 0 radical (unpaired) electrons. The molecule has 6 nitrogen and oxygen atoms in total. The Morgan fingerprint density at radius 3 is 2.62 bits per heavy atom. The van der Waals surface area contributed by atoms with Gasteiger partial charge in [0.1, 0.15) is 11.4 Å². The average Bonchev–Trinajstić information content (AvgIpc) is 3.15. The first kappa shape index (κ1) is 18.0. The Kier molecular flexibility index (Phi) is 5.55. The summed E-state index contributed by atoms with van der Waals surface area (Å²) in [5.74, 6) is 0.340. The Labute approximate surface area is 159 Å². The quantitative estimate of drug-likeness (QED) is 0.508. The number of hydrogen-bond donors (Lipinski definition) is 2. The average molecular weight is 389 g/mol. The number of carbonyl (C=O) groups excluding carboxylic acids is 1. The summed E-state index contributed by atoms with van der Waals surface area (Å²) in [6.07, 6.45) is 1.54. The van der Waals surface area contributed by atoms with Gasteiger partial charge in [0.15, 0.2) is 0 Å². The zero-order chi connectivity index (χ0) is 18.5. The second-order valence-corrected chi connectivity index (χ2v) is 6.08. The number of halogens is 2. The van der Waals surface area contributed by atoms with E-state index in [1.165, 1.54) is 6.21 Å². The first-order valence-corrected chi connectivity index (χ1v) is 8.30. The van der Waals surface area contributed by atoms with Gasteiger partial charge in [0.25, 0.3) is 5.91 Å². The highest BCUT2D eigenvalue weighted by molar-refractivity contribution is 6.42. The maximum Gasteiger partial charge on any atom is 0.289 e. The van der Waals surface area contributed by atoms with Gasteiger partial charge in [0, 0.05) is 5.56 Å². The number of hydrogen-bond acceptors (Lipinski definition) is 4. The van der Waals surface area contributed by atoms with Crippen LogP contribution in [0.2, 0.25) is 10.0 Å². The summed E-state index contributed by atoms with van der Waals surface area (Å²) < 4.78 is 5.08. The number of benzene rings is 2. The van der Waals surface area contributed by atoms with Crippen molar-refractivity contribution >= 4 is 35.3 Å². The van der Waals surface area contributed by atoms with Gasteiger partial charge in [0.05, 0.1) is 29.1 Å². The van der Waals surface area contributed by atoms with E-state index in [1.807, 2.05) is 24.3 Å². The molecule has 0 aliphatic heterocycles. The zero-order valence-corrected chi connectivity index (χ0v) is 15.2. The number of carbonyl (C=O) groups is 1. The molecule has 132 valence electrons. The lowest BCUT2D eigenvalue weighted by Crippen LogP contribution is -2.17. The molecule has 0 aliphatic rings. The molecule has 0 aliphatic carbocycles. The van der Waals surface area contributed by atoms with E-state index in [0.717, 1.165) is 16.9 Å². The van der Waals surface area contributed by atoms with Crippen LogP contribution in [0.15, 0.2) is 53.6 Å². The van der Waals surface area contributed by atoms with Crippen LogP contribution in [0.25, 0.3) is 11.3 Å². The van der Waals surface area contributed by atoms with Crippen LogP contribution >= 0.6 is 23.2 Å². The van der Waals surface area contributed by atoms with Crippen LogP contribution in [0, 0.1) is 0 Å². The lowest BCUT2D eigenvalue weighted by atomic mass is 10.1. The number of ether oxygens (including phenoxy) is 1. The molecule has 2 N–H and O–H groups in total. The number of H-pyrrole nitrogens is 1. The van der Waals surface area contributed by atoms with E-state index < -0.39 is 5.91 Å². The Hall–Kier alpha value is -2.83. The predicted octanol–water partition coefficient (Wildman–Crippen LogP) is 4.16. The molecule has 8 heteroatoms. The molecule has 0 saturated carbocycles. The maximum atomic E-state index is 12.1. The third-order valence-electron chi connectivity index (χ3n) is 3.53. The zero-order valence-electron chi connectivity index (χ0n) is 13.7. The second kappa shape index (κ2) is 8.03. The number of rotatable bonds is 5. The van der Waals surface area contributed by atoms with Gasteiger partial charge in [-0.15, -0.1) is 0 Å². The van der Waals surface area contributed by atoms with E-state index in [2.05, 4.69) is 20.7 Å². The number of hydrazone groups is 1. The molecule has 1 heterocycles. The van der Waals surface area contributed by atoms with Crippen LogP contribution in [-0.4, -0.2) is 29.4 Å². The summed E-state index contributed by atoms with van der Waals surface area (Å²) in [4.78, 5) is 12.1. The summed E-state index contributed by atoms with van der Waals surface area (Å²) >= 11 is 11.9. The first-order chi connectivity index (χ1) is 12.6. The van der Waals surface area contributed by atoms with Gasteiger partial charge in [0.2, 0.25) is 0 Å². The number of amides is 1. The Morgan fingerprint density at radius 2 is 1.92 bits per heavy atom. The van der Waals surface area contributed by atoms with Gasteiger partial charge >= 0.3 is 0 Å². The van der Waals surface area contributed by atoms with Gasteiger partial charge < -0.3 is 4.74 Å². The van der Waals surface area contributed by atoms with Crippen molar-refractivity contribution in [1.29, 1.82) is 0 Å². The molecule has 0 saturated heterocycles. The minimum atomic E-state index is -0.409. The normalized spacial score (nSPS) is 10.9. The van der Waals surface area contributed by atoms with Crippen molar-refractivity contribution in [3.05, 3.63) is 69.8 Å². The minimum Gasteiger partial charge on any atom is -0.497 e. The second-order valence-electron chi connectivity index (χ2n) is 5.27. The fourth-order valence-electron chi connectivity index (χ4n) is 2.16. The van der Waals surface area contributed by atoms with Crippen molar-refractivity contribution in [3.8, 4) is 17.0 Å². The number of aromatic nitrogens is 2. The molecule has 1 aromatic heterocycles. The van der Waals surface area contributed by atoms with E-state index >= 15 is 0 Å². The molecular weight excluding hydrogens is 375 g/mol. The predicted molar refractivity (Wildman–Crippen MR) is 102 cm³/mol. The van der Waals surface area contributed by atoms with Crippen LogP contribution in [0.5, 0.6) is 5.75 Å². The molecule has 0 unspecified atom stereocenters. The largest absolute Gasteiger partial charge is 0.497 e. The highest BCUT2D eigenvalue weighted by Gasteiger charge is 2.11. The molecule has 0 spiro atoms. The highest BCUT2D eigenvalue weighted by atomic mass is 35.5. The topological polar surface area (TPSA) is 79.4 Å². The van der Waals surface area contributed by atoms with Crippen LogP contribution in [0.1, 0.15) is 16.1 Å². The molecule has 0 atom stereocenters. The Bertz CT molecular complexity index is 952. The van der Waals surface area contributed by atoms with Crippen LogP contribution in [-0.2, 0) is 0 Å². The van der Waals surface area contributed by atoms with Crippen molar-refractivity contribution in [2.24, 2.45) is 5.10 Å². The number of nitrogens with zero attached hydrogens (tertiary/aromatic N) is 2. The third kappa shape index (κ3) is 4.22. The summed E-state index contributed by atoms with van der Waals surface area (Å²) in [5, 5.41) is 11.6. The number of nitrogens with one attached hydrogen (secondary N) is 2. The van der Waals surface area contributed by atoms with E-state index in [4.69, 9.17) is 27.9 Å². The summed E-state index contributed by atoms with van der Waals surface area (Å²) in [6.45, 7) is 0. The molecule has 1 amide bonds. The molecule has 0 fully saturated rings. The molecule has 2 aromatic carbocycles. The van der Waals surface area contributed by atoms with E-state index in [-0.39, 0.29) is 5.69 Å². The summed E-state index contributed by atoms with van der Waals surface area (Å²) in [7, 11) is 1.60. The van der Waals surface area contributed by atoms with Gasteiger partial charge in [-0.2, -0.15) is 10.2 Å². The number of methoxy groups -OCH3 is 1. The fourth-order valence-corrected chi connectivity index (χ4v) is 2.46. The van der Waals surface area contributed by atoms with Gasteiger partial charge in [-0.1, -0.05) is 29.3 Å². The summed E-state index contributed by atoms with van der Waals surface area (Å²) in [5.41, 5.74) is 4.87. The van der Waals surface area contributed by atoms with Gasteiger partial charge in [-0.05, 0) is 48.0 Å². The van der Waals surface area contributed by atoms with Gasteiger partial charge in [-0.25, -0.2) is 5.43 Å². The molecule has 3 rings (SSSR count). The monoisotopic (exact) mass is 388 g/mol. The maximum absolute atomic E-state index is 12.1. The van der Waals surface area contributed by atoms with Crippen LogP contribution < -0.4 is 10.2 Å². The van der Waals surface area contributed by atoms with E-state index in [0.29, 0.717) is 15.7 Å². The lowest BCUT2D eigenvalue weighted by molar-refractivity contribution is 0.0950. The Balaban J connectivity index is 1.65. The summed E-state index contributed by atoms with van der Waals surface area (Å²) in [6, 6.07) is 14.0. The molecule has 3 aromatic rings. The smallest absolute Gasteiger partial charge is 0.289 e. The standard InChI is InChI=1S/C18H14Cl2N4O2/c1-26-13-5-2-11(3-6-13)10-21-24-18(25)17-9-16(22-23-17)12-4-7-14(19)15(20)8-12/h2-10H,1H3,(H,22,23)(H,24,25). The van der Waals surface area contributed by atoms with Crippen molar-refractivity contribution in [2.45, 2.75) is 0 Å². The minimum absolute atomic E-state index is 0.276. The van der Waals surface area contributed by atoms with Crippen molar-refractivity contribution < 1.29 is 9.53 Å². The molecular formula is C18H14Cl2N4O2.